The zero-order chi connectivity index (χ0) is 27.9. The predicted molar refractivity (Wildman–Crippen MR) is 128 cm³/mol. The van der Waals surface area contributed by atoms with Crippen LogP contribution in [0.15, 0.2) is 30.3 Å². The van der Waals surface area contributed by atoms with Crippen molar-refractivity contribution in [3.63, 3.8) is 0 Å². The number of benzene rings is 1. The SMILES string of the molecule is [2H]C([2H])([2H])OCc1c([C@H](C)CO)nc(C(C)C)c(/C=C/[C@@H](O)C[C@@H](O)CC(=O)O)c1-c1ccc(F)cc1. The average Bonchev–Trinajstić information content (AvgIpc) is 2.79. The molecule has 7 nitrogen and oxygen atoms in total. The van der Waals surface area contributed by atoms with E-state index < -0.39 is 43.4 Å². The van der Waals surface area contributed by atoms with Crippen molar-refractivity contribution < 1.29 is 38.5 Å². The van der Waals surface area contributed by atoms with E-state index in [-0.39, 0.29) is 25.6 Å². The topological polar surface area (TPSA) is 120 Å². The van der Waals surface area contributed by atoms with Gasteiger partial charge in [0.1, 0.15) is 5.82 Å². The number of rotatable bonds is 12. The van der Waals surface area contributed by atoms with E-state index in [4.69, 9.17) is 18.9 Å². The van der Waals surface area contributed by atoms with Crippen molar-refractivity contribution in [1.82, 2.24) is 4.98 Å². The maximum absolute atomic E-state index is 13.8. The minimum atomic E-state index is -2.71. The number of pyridine rings is 1. The van der Waals surface area contributed by atoms with Gasteiger partial charge in [0.15, 0.2) is 0 Å². The predicted octanol–water partition coefficient (Wildman–Crippen LogP) is 3.85. The van der Waals surface area contributed by atoms with Crippen LogP contribution in [0.5, 0.6) is 0 Å². The number of aromatic nitrogens is 1. The first kappa shape index (κ1) is 23.1. The Bertz CT molecular complexity index is 1090. The Labute approximate surface area is 203 Å². The van der Waals surface area contributed by atoms with Crippen LogP contribution in [0.4, 0.5) is 4.39 Å². The fourth-order valence-corrected chi connectivity index (χ4v) is 3.79. The highest BCUT2D eigenvalue weighted by Crippen LogP contribution is 2.38. The molecule has 0 spiro atoms. The normalized spacial score (nSPS) is 16.2. The molecule has 4 N–H and O–H groups in total. The smallest absolute Gasteiger partial charge is 0.305 e. The minimum absolute atomic E-state index is 0.143. The minimum Gasteiger partial charge on any atom is -0.481 e. The van der Waals surface area contributed by atoms with Gasteiger partial charge in [-0.05, 0) is 29.2 Å². The van der Waals surface area contributed by atoms with Crippen LogP contribution in [-0.2, 0) is 16.1 Å². The first-order valence-corrected chi connectivity index (χ1v) is 11.1. The molecule has 0 fully saturated rings. The third-order valence-electron chi connectivity index (χ3n) is 5.44. The molecular weight excluding hydrogens is 441 g/mol. The van der Waals surface area contributed by atoms with Gasteiger partial charge in [-0.3, -0.25) is 9.78 Å². The van der Waals surface area contributed by atoms with E-state index in [0.29, 0.717) is 33.6 Å². The van der Waals surface area contributed by atoms with Crippen LogP contribution >= 0.6 is 0 Å². The molecule has 34 heavy (non-hydrogen) atoms. The summed E-state index contributed by atoms with van der Waals surface area (Å²) in [5.41, 5.74) is 2.99. The number of hydrogen-bond acceptors (Lipinski definition) is 6. The van der Waals surface area contributed by atoms with Gasteiger partial charge in [0, 0.05) is 30.5 Å². The lowest BCUT2D eigenvalue weighted by atomic mass is 9.86. The van der Waals surface area contributed by atoms with Crippen LogP contribution in [-0.4, -0.2) is 57.2 Å². The van der Waals surface area contributed by atoms with Gasteiger partial charge in [-0.2, -0.15) is 0 Å². The number of carboxylic acid groups (broad SMARTS) is 1. The van der Waals surface area contributed by atoms with Crippen molar-refractivity contribution in [2.75, 3.05) is 13.6 Å². The van der Waals surface area contributed by atoms with Gasteiger partial charge >= 0.3 is 5.97 Å². The number of aliphatic carboxylic acids is 1. The molecule has 0 aliphatic rings. The molecule has 0 bridgehead atoms. The van der Waals surface area contributed by atoms with Crippen LogP contribution in [0, 0.1) is 5.82 Å². The summed E-state index contributed by atoms with van der Waals surface area (Å²) in [6.07, 6.45) is -0.209. The fourth-order valence-electron chi connectivity index (χ4n) is 3.79. The van der Waals surface area contributed by atoms with Crippen molar-refractivity contribution in [3.05, 3.63) is 58.7 Å². The van der Waals surface area contributed by atoms with Gasteiger partial charge < -0.3 is 25.2 Å². The third kappa shape index (κ3) is 7.17. The summed E-state index contributed by atoms with van der Waals surface area (Å²) < 4.78 is 41.4. The lowest BCUT2D eigenvalue weighted by Gasteiger charge is -2.24. The van der Waals surface area contributed by atoms with Crippen molar-refractivity contribution in [2.24, 2.45) is 0 Å². The Balaban J connectivity index is 2.78. The summed E-state index contributed by atoms with van der Waals surface area (Å²) in [5.74, 6) is -2.27. The summed E-state index contributed by atoms with van der Waals surface area (Å²) >= 11 is 0. The number of carboxylic acids is 1. The first-order valence-electron chi connectivity index (χ1n) is 12.6. The number of aliphatic hydroxyl groups excluding tert-OH is 3. The van der Waals surface area contributed by atoms with E-state index in [1.54, 1.807) is 13.0 Å². The average molecular weight is 479 g/mol. The third-order valence-corrected chi connectivity index (χ3v) is 5.44. The molecule has 0 aliphatic heterocycles. The van der Waals surface area contributed by atoms with Crippen LogP contribution in [0.25, 0.3) is 17.2 Å². The Hall–Kier alpha value is -2.65. The molecule has 1 heterocycles. The van der Waals surface area contributed by atoms with Crippen molar-refractivity contribution in [2.45, 2.75) is 64.3 Å². The van der Waals surface area contributed by atoms with Crippen LogP contribution in [0.1, 0.15) is 72.1 Å². The highest BCUT2D eigenvalue weighted by atomic mass is 19.1. The fraction of sp³-hybridized carbons (Fsp3) is 0.462. The number of aliphatic hydroxyl groups is 3. The Kier molecular flexibility index (Phi) is 8.64. The summed E-state index contributed by atoms with van der Waals surface area (Å²) in [6, 6.07) is 5.59. The molecule has 0 radical (unpaired) electrons. The van der Waals surface area contributed by atoms with Crippen LogP contribution < -0.4 is 0 Å². The largest absolute Gasteiger partial charge is 0.481 e. The molecule has 0 saturated heterocycles. The van der Waals surface area contributed by atoms with E-state index in [1.165, 1.54) is 30.3 Å². The first-order chi connectivity index (χ1) is 17.2. The number of hydrogen-bond donors (Lipinski definition) is 4. The molecule has 0 aliphatic carbocycles. The highest BCUT2D eigenvalue weighted by molar-refractivity contribution is 5.80. The molecule has 1 aromatic heterocycles. The Morgan fingerprint density at radius 2 is 1.88 bits per heavy atom. The number of carbonyl (C=O) groups is 1. The van der Waals surface area contributed by atoms with E-state index in [0.717, 1.165) is 0 Å². The lowest BCUT2D eigenvalue weighted by Crippen LogP contribution is -2.19. The van der Waals surface area contributed by atoms with Crippen molar-refractivity contribution >= 4 is 12.0 Å². The monoisotopic (exact) mass is 478 g/mol. The molecule has 8 heteroatoms. The second-order valence-corrected chi connectivity index (χ2v) is 8.60. The highest BCUT2D eigenvalue weighted by Gasteiger charge is 2.24. The second-order valence-electron chi connectivity index (χ2n) is 8.60. The molecule has 0 saturated carbocycles. The van der Waals surface area contributed by atoms with Gasteiger partial charge in [-0.15, -0.1) is 0 Å². The van der Waals surface area contributed by atoms with Gasteiger partial charge in [0.25, 0.3) is 0 Å². The van der Waals surface area contributed by atoms with Crippen molar-refractivity contribution in [1.29, 1.82) is 0 Å². The zero-order valence-corrected chi connectivity index (χ0v) is 19.5. The van der Waals surface area contributed by atoms with Gasteiger partial charge in [-0.25, -0.2) is 4.39 Å². The number of ether oxygens (including phenoxy) is 1. The second kappa shape index (κ2) is 12.7. The van der Waals surface area contributed by atoms with Gasteiger partial charge in [0.2, 0.25) is 0 Å². The molecule has 2 rings (SSSR count). The Morgan fingerprint density at radius 3 is 2.44 bits per heavy atom. The number of nitrogens with zero attached hydrogens (tertiary/aromatic N) is 1. The molecule has 186 valence electrons. The van der Waals surface area contributed by atoms with E-state index in [1.807, 2.05) is 13.8 Å². The van der Waals surface area contributed by atoms with Crippen molar-refractivity contribution in [3.8, 4) is 11.1 Å². The summed E-state index contributed by atoms with van der Waals surface area (Å²) in [5, 5.41) is 39.1. The summed E-state index contributed by atoms with van der Waals surface area (Å²) in [7, 11) is -2.71. The number of halogens is 1. The lowest BCUT2D eigenvalue weighted by molar-refractivity contribution is -0.139. The summed E-state index contributed by atoms with van der Waals surface area (Å²) in [6.45, 7) is 4.90. The van der Waals surface area contributed by atoms with Gasteiger partial charge in [0.05, 0.1) is 47.3 Å². The maximum Gasteiger partial charge on any atom is 0.305 e. The molecule has 2 aromatic rings. The van der Waals surface area contributed by atoms with Crippen LogP contribution in [0.2, 0.25) is 0 Å². The zero-order valence-electron chi connectivity index (χ0n) is 22.5. The molecule has 0 amide bonds. The Morgan fingerprint density at radius 1 is 1.21 bits per heavy atom. The molecule has 3 atom stereocenters. The van der Waals surface area contributed by atoms with Gasteiger partial charge in [-0.1, -0.05) is 45.1 Å². The van der Waals surface area contributed by atoms with E-state index in [9.17, 15) is 24.5 Å². The number of methoxy groups -OCH3 is 1. The molecule has 0 unspecified atom stereocenters. The van der Waals surface area contributed by atoms with E-state index in [2.05, 4.69) is 0 Å². The summed E-state index contributed by atoms with van der Waals surface area (Å²) in [4.78, 5) is 15.6. The quantitative estimate of drug-likeness (QED) is 0.366. The van der Waals surface area contributed by atoms with Crippen LogP contribution in [0.3, 0.4) is 0 Å². The standard InChI is InChI=1S/C26H34FNO6/c1-15(2)25-21(10-9-19(30)11-20(31)12-23(32)33)24(17-5-7-18(27)8-6-17)22(14-34-4)26(28-25)16(3)13-29/h5-10,15-16,19-20,29-31H,11-14H2,1-4H3,(H,32,33)/b10-9+/t16-,19-,20-/m1/s1/i4D3. The molecule has 1 aromatic carbocycles. The maximum atomic E-state index is 13.8. The molecular formula is C26H34FNO6. The van der Waals surface area contributed by atoms with E-state index >= 15 is 0 Å².